The fourth-order valence-electron chi connectivity index (χ4n) is 4.04. The predicted molar refractivity (Wildman–Crippen MR) is 89.6 cm³/mol. The maximum atomic E-state index is 14.9. The number of nitrogens with zero attached hydrogens (tertiary/aromatic N) is 4. The summed E-state index contributed by atoms with van der Waals surface area (Å²) < 4.78 is 35.3. The number of aryl methyl sites for hydroxylation is 1. The number of likely N-dealkylation sites (tertiary alicyclic amines) is 1. The second kappa shape index (κ2) is 6.05. The van der Waals surface area contributed by atoms with Crippen LogP contribution >= 0.6 is 0 Å². The van der Waals surface area contributed by atoms with Gasteiger partial charge in [-0.05, 0) is 31.5 Å². The Morgan fingerprint density at radius 3 is 2.64 bits per heavy atom. The zero-order chi connectivity index (χ0) is 17.5. The number of hydrogen-bond acceptors (Lipinski definition) is 5. The number of rotatable bonds is 3. The lowest BCUT2D eigenvalue weighted by atomic mass is 9.75. The van der Waals surface area contributed by atoms with Crippen LogP contribution in [-0.2, 0) is 6.54 Å². The lowest BCUT2D eigenvalue weighted by Gasteiger charge is -2.45. The molecule has 0 amide bonds. The molecule has 1 spiro atoms. The molecule has 1 atom stereocenters. The summed E-state index contributed by atoms with van der Waals surface area (Å²) in [5.41, 5.74) is -1.05. The van der Waals surface area contributed by atoms with Crippen molar-refractivity contribution < 1.29 is 13.2 Å². The first-order chi connectivity index (χ1) is 12.0. The molecule has 0 aliphatic carbocycles. The van der Waals surface area contributed by atoms with Gasteiger partial charge in [-0.2, -0.15) is 0 Å². The van der Waals surface area contributed by atoms with Crippen LogP contribution in [0.3, 0.4) is 0 Å². The summed E-state index contributed by atoms with van der Waals surface area (Å²) in [6.45, 7) is 4.07. The van der Waals surface area contributed by atoms with E-state index >= 15 is 0 Å². The van der Waals surface area contributed by atoms with Gasteiger partial charge >= 0.3 is 0 Å². The standard InChI is InChI=1S/C18H22F2N4O/c1-14-3-4-15(25-14)11-23-9-6-18(19,20)17(12-23)5-10-24(13-17)16-21-7-2-8-22-16/h2-4,7-8H,5-6,9-13H2,1H3. The Bertz CT molecular complexity index is 736. The minimum atomic E-state index is -2.67. The van der Waals surface area contributed by atoms with Crippen molar-refractivity contribution in [2.75, 3.05) is 31.1 Å². The number of furan rings is 1. The Morgan fingerprint density at radius 1 is 1.12 bits per heavy atom. The maximum absolute atomic E-state index is 14.9. The Labute approximate surface area is 145 Å². The topological polar surface area (TPSA) is 45.4 Å². The lowest BCUT2D eigenvalue weighted by molar-refractivity contribution is -0.159. The third-order valence-corrected chi connectivity index (χ3v) is 5.41. The summed E-state index contributed by atoms with van der Waals surface area (Å²) >= 11 is 0. The molecule has 25 heavy (non-hydrogen) atoms. The maximum Gasteiger partial charge on any atom is 0.257 e. The summed E-state index contributed by atoms with van der Waals surface area (Å²) in [6, 6.07) is 5.57. The average molecular weight is 348 g/mol. The Hall–Kier alpha value is -2.02. The van der Waals surface area contributed by atoms with Gasteiger partial charge in [-0.15, -0.1) is 0 Å². The number of halogens is 2. The highest BCUT2D eigenvalue weighted by Gasteiger charge is 2.59. The molecule has 2 aliphatic rings. The van der Waals surface area contributed by atoms with Gasteiger partial charge in [0.1, 0.15) is 11.5 Å². The molecule has 2 aromatic rings. The normalized spacial score (nSPS) is 26.4. The van der Waals surface area contributed by atoms with Gasteiger partial charge in [0.25, 0.3) is 5.92 Å². The van der Waals surface area contributed by atoms with E-state index in [0.29, 0.717) is 38.5 Å². The zero-order valence-corrected chi connectivity index (χ0v) is 14.3. The van der Waals surface area contributed by atoms with Crippen LogP contribution in [0.4, 0.5) is 14.7 Å². The summed E-state index contributed by atoms with van der Waals surface area (Å²) in [5, 5.41) is 0. The third kappa shape index (κ3) is 3.01. The van der Waals surface area contributed by atoms with Crippen LogP contribution in [0.2, 0.25) is 0 Å². The van der Waals surface area contributed by atoms with E-state index in [4.69, 9.17) is 4.42 Å². The predicted octanol–water partition coefficient (Wildman–Crippen LogP) is 3.12. The van der Waals surface area contributed by atoms with Gasteiger partial charge in [-0.1, -0.05) is 0 Å². The molecule has 2 fully saturated rings. The molecule has 4 rings (SSSR count). The highest BCUT2D eigenvalue weighted by Crippen LogP contribution is 2.50. The number of anilines is 1. The highest BCUT2D eigenvalue weighted by atomic mass is 19.3. The average Bonchev–Trinajstić information content (AvgIpc) is 3.20. The zero-order valence-electron chi connectivity index (χ0n) is 14.3. The van der Waals surface area contributed by atoms with E-state index < -0.39 is 11.3 Å². The first kappa shape index (κ1) is 16.4. The van der Waals surface area contributed by atoms with Crippen LogP contribution in [0, 0.1) is 12.3 Å². The van der Waals surface area contributed by atoms with Crippen molar-refractivity contribution in [1.29, 1.82) is 0 Å². The molecule has 7 heteroatoms. The first-order valence-electron chi connectivity index (χ1n) is 8.65. The molecule has 4 heterocycles. The van der Waals surface area contributed by atoms with Crippen molar-refractivity contribution in [3.8, 4) is 0 Å². The number of hydrogen-bond donors (Lipinski definition) is 0. The molecule has 5 nitrogen and oxygen atoms in total. The monoisotopic (exact) mass is 348 g/mol. The lowest BCUT2D eigenvalue weighted by Crippen LogP contribution is -2.56. The fraction of sp³-hybridized carbons (Fsp3) is 0.556. The molecule has 0 radical (unpaired) electrons. The van der Waals surface area contributed by atoms with Crippen molar-refractivity contribution >= 4 is 5.95 Å². The van der Waals surface area contributed by atoms with Gasteiger partial charge in [0.15, 0.2) is 0 Å². The van der Waals surface area contributed by atoms with Crippen LogP contribution in [0.15, 0.2) is 35.0 Å². The van der Waals surface area contributed by atoms with Crippen LogP contribution < -0.4 is 4.90 Å². The summed E-state index contributed by atoms with van der Waals surface area (Å²) in [6.07, 6.45) is 3.64. The van der Waals surface area contributed by atoms with Gasteiger partial charge < -0.3 is 9.32 Å². The van der Waals surface area contributed by atoms with Crippen LogP contribution in [0.5, 0.6) is 0 Å². The Morgan fingerprint density at radius 2 is 1.92 bits per heavy atom. The van der Waals surface area contributed by atoms with Crippen LogP contribution in [-0.4, -0.2) is 47.0 Å². The van der Waals surface area contributed by atoms with Gasteiger partial charge in [0.2, 0.25) is 5.95 Å². The molecule has 2 aliphatic heterocycles. The molecule has 0 aromatic carbocycles. The SMILES string of the molecule is Cc1ccc(CN2CCC(F)(F)C3(CCN(c4ncccn4)C3)C2)o1. The second-order valence-electron chi connectivity index (χ2n) is 7.18. The van der Waals surface area contributed by atoms with Crippen molar-refractivity contribution in [3.05, 3.63) is 42.1 Å². The van der Waals surface area contributed by atoms with Crippen molar-refractivity contribution in [2.24, 2.45) is 5.41 Å². The van der Waals surface area contributed by atoms with Crippen molar-refractivity contribution in [3.63, 3.8) is 0 Å². The van der Waals surface area contributed by atoms with E-state index in [1.807, 2.05) is 24.0 Å². The van der Waals surface area contributed by atoms with E-state index in [1.54, 1.807) is 18.5 Å². The number of aromatic nitrogens is 2. The molecule has 134 valence electrons. The largest absolute Gasteiger partial charge is 0.465 e. The van der Waals surface area contributed by atoms with E-state index in [0.717, 1.165) is 11.5 Å². The quantitative estimate of drug-likeness (QED) is 0.853. The number of piperidine rings is 1. The van der Waals surface area contributed by atoms with E-state index in [9.17, 15) is 8.78 Å². The Balaban J connectivity index is 1.52. The minimum Gasteiger partial charge on any atom is -0.465 e. The fourth-order valence-corrected chi connectivity index (χ4v) is 4.04. The van der Waals surface area contributed by atoms with Crippen molar-refractivity contribution in [1.82, 2.24) is 14.9 Å². The van der Waals surface area contributed by atoms with E-state index in [-0.39, 0.29) is 13.0 Å². The molecular formula is C18H22F2N4O. The second-order valence-corrected chi connectivity index (χ2v) is 7.18. The van der Waals surface area contributed by atoms with Crippen LogP contribution in [0.25, 0.3) is 0 Å². The summed E-state index contributed by atoms with van der Waals surface area (Å²) in [5.74, 6) is -0.458. The molecular weight excluding hydrogens is 326 g/mol. The first-order valence-corrected chi connectivity index (χ1v) is 8.65. The molecule has 1 unspecified atom stereocenters. The van der Waals surface area contributed by atoms with Gasteiger partial charge in [-0.25, -0.2) is 18.7 Å². The summed E-state index contributed by atoms with van der Waals surface area (Å²) in [7, 11) is 0. The van der Waals surface area contributed by atoms with Crippen molar-refractivity contribution in [2.45, 2.75) is 32.2 Å². The van der Waals surface area contributed by atoms with E-state index in [1.165, 1.54) is 0 Å². The third-order valence-electron chi connectivity index (χ3n) is 5.41. The minimum absolute atomic E-state index is 0.115. The highest BCUT2D eigenvalue weighted by molar-refractivity contribution is 5.33. The summed E-state index contributed by atoms with van der Waals surface area (Å²) in [4.78, 5) is 12.4. The van der Waals surface area contributed by atoms with Gasteiger partial charge in [0, 0.05) is 45.0 Å². The van der Waals surface area contributed by atoms with Crippen LogP contribution in [0.1, 0.15) is 24.4 Å². The molecule has 0 saturated carbocycles. The molecule has 0 N–H and O–H groups in total. The number of alkyl halides is 2. The molecule has 2 aromatic heterocycles. The van der Waals surface area contributed by atoms with Gasteiger partial charge in [-0.3, -0.25) is 4.90 Å². The Kier molecular flexibility index (Phi) is 3.98. The smallest absolute Gasteiger partial charge is 0.257 e. The molecule has 0 bridgehead atoms. The molecule has 2 saturated heterocycles. The van der Waals surface area contributed by atoms with Gasteiger partial charge in [0.05, 0.1) is 12.0 Å². The van der Waals surface area contributed by atoms with E-state index in [2.05, 4.69) is 14.9 Å².